The van der Waals surface area contributed by atoms with Gasteiger partial charge in [-0.1, -0.05) is 63.4 Å². The number of rotatable bonds is 4. The fraction of sp³-hybridized carbons (Fsp3) is 0.0455. The summed E-state index contributed by atoms with van der Waals surface area (Å²) in [5, 5.41) is 8.36. The molecule has 0 radical (unpaired) electrons. The van der Waals surface area contributed by atoms with Crippen molar-refractivity contribution in [3.05, 3.63) is 92.6 Å². The molecule has 0 aliphatic rings. The van der Waals surface area contributed by atoms with Crippen LogP contribution in [0.1, 0.15) is 16.2 Å². The summed E-state index contributed by atoms with van der Waals surface area (Å²) in [5.74, 6) is 0.130. The summed E-state index contributed by atoms with van der Waals surface area (Å²) < 4.78 is 2.58. The van der Waals surface area contributed by atoms with E-state index in [2.05, 4.69) is 31.3 Å². The van der Waals surface area contributed by atoms with Crippen molar-refractivity contribution in [2.45, 2.75) is 6.92 Å². The molecule has 0 atom stereocenters. The van der Waals surface area contributed by atoms with Crippen LogP contribution in [0.2, 0.25) is 10.0 Å². The molecule has 0 spiro atoms. The molecule has 1 N–H and O–H groups in total. The molecule has 0 saturated heterocycles. The molecule has 1 heterocycles. The molecular weight excluding hydrogens is 487 g/mol. The Morgan fingerprint density at radius 1 is 1.00 bits per heavy atom. The first-order chi connectivity index (χ1) is 14.4. The molecule has 4 aromatic rings. The van der Waals surface area contributed by atoms with Gasteiger partial charge in [0.05, 0.1) is 5.69 Å². The van der Waals surface area contributed by atoms with Gasteiger partial charge < -0.3 is 5.32 Å². The average Bonchev–Trinajstić information content (AvgIpc) is 3.16. The standard InChI is InChI=1S/C22H15BrCl2N4O/c1-13-5-10-17(25)12-19(13)29-21(14-6-8-15(23)9-7-14)27-20(28-29)22(30)26-18-4-2-3-16(24)11-18/h2-12H,1H3,(H,26,30). The molecule has 30 heavy (non-hydrogen) atoms. The maximum atomic E-state index is 12.8. The largest absolute Gasteiger partial charge is 0.319 e. The van der Waals surface area contributed by atoms with Crippen molar-refractivity contribution in [3.8, 4) is 17.1 Å². The van der Waals surface area contributed by atoms with Crippen LogP contribution < -0.4 is 5.32 Å². The minimum absolute atomic E-state index is 0.0345. The maximum Gasteiger partial charge on any atom is 0.295 e. The Kier molecular flexibility index (Phi) is 5.90. The first-order valence-corrected chi connectivity index (χ1v) is 10.5. The van der Waals surface area contributed by atoms with Crippen LogP contribution in [-0.4, -0.2) is 20.7 Å². The zero-order valence-electron chi connectivity index (χ0n) is 15.7. The van der Waals surface area contributed by atoms with Crippen molar-refractivity contribution >= 4 is 50.7 Å². The summed E-state index contributed by atoms with van der Waals surface area (Å²) >= 11 is 15.7. The second-order valence-corrected chi connectivity index (χ2v) is 8.36. The minimum Gasteiger partial charge on any atom is -0.319 e. The van der Waals surface area contributed by atoms with Crippen molar-refractivity contribution in [1.82, 2.24) is 14.8 Å². The Morgan fingerprint density at radius 3 is 2.47 bits per heavy atom. The molecule has 1 aromatic heterocycles. The van der Waals surface area contributed by atoms with E-state index in [9.17, 15) is 4.79 Å². The highest BCUT2D eigenvalue weighted by molar-refractivity contribution is 9.10. The van der Waals surface area contributed by atoms with Gasteiger partial charge in [0.25, 0.3) is 5.91 Å². The topological polar surface area (TPSA) is 59.8 Å². The van der Waals surface area contributed by atoms with E-state index >= 15 is 0 Å². The van der Waals surface area contributed by atoms with Gasteiger partial charge in [-0.2, -0.15) is 0 Å². The summed E-state index contributed by atoms with van der Waals surface area (Å²) in [6.45, 7) is 1.95. The number of hydrogen-bond donors (Lipinski definition) is 1. The highest BCUT2D eigenvalue weighted by atomic mass is 79.9. The van der Waals surface area contributed by atoms with Gasteiger partial charge in [0.1, 0.15) is 0 Å². The van der Waals surface area contributed by atoms with E-state index in [1.807, 2.05) is 43.3 Å². The molecule has 0 fully saturated rings. The van der Waals surface area contributed by atoms with Gasteiger partial charge in [-0.15, -0.1) is 5.10 Å². The van der Waals surface area contributed by atoms with Crippen LogP contribution in [0.4, 0.5) is 5.69 Å². The second kappa shape index (κ2) is 8.60. The number of aromatic nitrogens is 3. The predicted octanol–water partition coefficient (Wildman–Crippen LogP) is 6.56. The normalized spacial score (nSPS) is 10.8. The van der Waals surface area contributed by atoms with Crippen molar-refractivity contribution in [3.63, 3.8) is 0 Å². The van der Waals surface area contributed by atoms with E-state index in [0.717, 1.165) is 21.3 Å². The Hall–Kier alpha value is -2.67. The van der Waals surface area contributed by atoms with E-state index in [-0.39, 0.29) is 5.82 Å². The molecule has 0 aliphatic carbocycles. The van der Waals surface area contributed by atoms with Crippen LogP contribution in [0.3, 0.4) is 0 Å². The molecule has 0 saturated carbocycles. The summed E-state index contributed by atoms with van der Waals surface area (Å²) in [6.07, 6.45) is 0. The summed E-state index contributed by atoms with van der Waals surface area (Å²) in [6, 6.07) is 20.0. The predicted molar refractivity (Wildman–Crippen MR) is 124 cm³/mol. The number of aryl methyl sites for hydroxylation is 1. The molecule has 5 nitrogen and oxygen atoms in total. The van der Waals surface area contributed by atoms with Crippen molar-refractivity contribution < 1.29 is 4.79 Å². The average molecular weight is 502 g/mol. The first-order valence-electron chi connectivity index (χ1n) is 8.97. The Bertz CT molecular complexity index is 1240. The molecule has 0 aliphatic heterocycles. The Balaban J connectivity index is 1.80. The number of hydrogen-bond acceptors (Lipinski definition) is 3. The third-order valence-electron chi connectivity index (χ3n) is 4.39. The van der Waals surface area contributed by atoms with Crippen molar-refractivity contribution in [1.29, 1.82) is 0 Å². The highest BCUT2D eigenvalue weighted by Gasteiger charge is 2.20. The zero-order chi connectivity index (χ0) is 21.3. The fourth-order valence-electron chi connectivity index (χ4n) is 2.93. The first kappa shape index (κ1) is 20.6. The van der Waals surface area contributed by atoms with E-state index in [1.165, 1.54) is 0 Å². The summed E-state index contributed by atoms with van der Waals surface area (Å²) in [7, 11) is 0. The Labute approximate surface area is 191 Å². The molecule has 1 amide bonds. The summed E-state index contributed by atoms with van der Waals surface area (Å²) in [4.78, 5) is 17.4. The number of benzene rings is 3. The van der Waals surface area contributed by atoms with E-state index in [4.69, 9.17) is 23.2 Å². The minimum atomic E-state index is -0.436. The molecule has 150 valence electrons. The Morgan fingerprint density at radius 2 is 1.73 bits per heavy atom. The van der Waals surface area contributed by atoms with Crippen molar-refractivity contribution in [2.75, 3.05) is 5.32 Å². The van der Waals surface area contributed by atoms with Crippen LogP contribution in [0.15, 0.2) is 71.2 Å². The van der Waals surface area contributed by atoms with E-state index in [1.54, 1.807) is 35.0 Å². The van der Waals surface area contributed by atoms with Gasteiger partial charge >= 0.3 is 0 Å². The number of carbonyl (C=O) groups is 1. The zero-order valence-corrected chi connectivity index (χ0v) is 18.8. The SMILES string of the molecule is Cc1ccc(Cl)cc1-n1nc(C(=O)Nc2cccc(Cl)c2)nc1-c1ccc(Br)cc1. The van der Waals surface area contributed by atoms with E-state index in [0.29, 0.717) is 21.6 Å². The van der Waals surface area contributed by atoms with Crippen LogP contribution in [-0.2, 0) is 0 Å². The van der Waals surface area contributed by atoms with Gasteiger partial charge in [0.2, 0.25) is 5.82 Å². The second-order valence-electron chi connectivity index (χ2n) is 6.57. The van der Waals surface area contributed by atoms with Crippen LogP contribution in [0.5, 0.6) is 0 Å². The summed E-state index contributed by atoms with van der Waals surface area (Å²) in [5.41, 5.74) is 3.07. The number of halogens is 3. The van der Waals surface area contributed by atoms with Gasteiger partial charge in [0, 0.05) is 25.8 Å². The monoisotopic (exact) mass is 500 g/mol. The lowest BCUT2D eigenvalue weighted by molar-refractivity contribution is 0.101. The number of nitrogens with zero attached hydrogens (tertiary/aromatic N) is 3. The van der Waals surface area contributed by atoms with Crippen LogP contribution >= 0.6 is 39.1 Å². The smallest absolute Gasteiger partial charge is 0.295 e. The highest BCUT2D eigenvalue weighted by Crippen LogP contribution is 2.27. The van der Waals surface area contributed by atoms with E-state index < -0.39 is 5.91 Å². The molecule has 0 unspecified atom stereocenters. The third kappa shape index (κ3) is 4.41. The molecule has 4 rings (SSSR count). The van der Waals surface area contributed by atoms with Crippen LogP contribution in [0, 0.1) is 6.92 Å². The quantitative estimate of drug-likeness (QED) is 0.344. The number of nitrogens with one attached hydrogen (secondary N) is 1. The number of amides is 1. The molecule has 0 bridgehead atoms. The molecule has 3 aromatic carbocycles. The van der Waals surface area contributed by atoms with Crippen LogP contribution in [0.25, 0.3) is 17.1 Å². The van der Waals surface area contributed by atoms with Gasteiger partial charge in [0.15, 0.2) is 5.82 Å². The third-order valence-corrected chi connectivity index (χ3v) is 5.39. The van der Waals surface area contributed by atoms with Gasteiger partial charge in [-0.3, -0.25) is 4.79 Å². The maximum absolute atomic E-state index is 12.8. The lowest BCUT2D eigenvalue weighted by Crippen LogP contribution is -2.14. The lowest BCUT2D eigenvalue weighted by Gasteiger charge is -2.09. The van der Waals surface area contributed by atoms with Gasteiger partial charge in [-0.05, 0) is 55.0 Å². The van der Waals surface area contributed by atoms with Crippen molar-refractivity contribution in [2.24, 2.45) is 0 Å². The number of anilines is 1. The van der Waals surface area contributed by atoms with Gasteiger partial charge in [-0.25, -0.2) is 9.67 Å². The fourth-order valence-corrected chi connectivity index (χ4v) is 3.55. The number of carbonyl (C=O) groups excluding carboxylic acids is 1. The molecule has 8 heteroatoms. The molecular formula is C22H15BrCl2N4O. The lowest BCUT2D eigenvalue weighted by atomic mass is 10.2.